The fourth-order valence-corrected chi connectivity index (χ4v) is 3.42. The van der Waals surface area contributed by atoms with E-state index in [1.165, 1.54) is 5.56 Å². The largest absolute Gasteiger partial charge is 0.339 e. The molecule has 0 radical (unpaired) electrons. The van der Waals surface area contributed by atoms with Crippen LogP contribution in [0.15, 0.2) is 54.6 Å². The Morgan fingerprint density at radius 1 is 0.857 bits per heavy atom. The van der Waals surface area contributed by atoms with Crippen LogP contribution in [0.1, 0.15) is 17.5 Å². The van der Waals surface area contributed by atoms with E-state index < -0.39 is 0 Å². The molecule has 2 aromatic rings. The highest BCUT2D eigenvalue weighted by atomic mass is 35.5. The highest BCUT2D eigenvalue weighted by Crippen LogP contribution is 2.12. The van der Waals surface area contributed by atoms with Crippen LogP contribution < -0.4 is 5.32 Å². The monoisotopic (exact) mass is 399 g/mol. The van der Waals surface area contributed by atoms with Gasteiger partial charge in [-0.1, -0.05) is 54.1 Å². The second-order valence-electron chi connectivity index (χ2n) is 6.99. The lowest BCUT2D eigenvalue weighted by Crippen LogP contribution is -2.53. The molecule has 0 atom stereocenters. The lowest BCUT2D eigenvalue weighted by atomic mass is 10.1. The number of carbonyl (C=O) groups is 2. The number of piperazine rings is 1. The average molecular weight is 400 g/mol. The van der Waals surface area contributed by atoms with Crippen LogP contribution in [-0.4, -0.2) is 54.5 Å². The Kier molecular flexibility index (Phi) is 7.31. The van der Waals surface area contributed by atoms with Crippen molar-refractivity contribution in [2.45, 2.75) is 19.3 Å². The van der Waals surface area contributed by atoms with Crippen molar-refractivity contribution in [3.8, 4) is 0 Å². The zero-order chi connectivity index (χ0) is 19.8. The van der Waals surface area contributed by atoms with Gasteiger partial charge in [0.05, 0.1) is 6.42 Å². The van der Waals surface area contributed by atoms with Crippen LogP contribution in [0.4, 0.5) is 4.79 Å². The summed E-state index contributed by atoms with van der Waals surface area (Å²) in [5.41, 5.74) is 2.23. The number of hydrogen-bond donors (Lipinski definition) is 1. The second kappa shape index (κ2) is 10.1. The van der Waals surface area contributed by atoms with Gasteiger partial charge >= 0.3 is 6.03 Å². The fourth-order valence-electron chi connectivity index (χ4n) is 3.29. The Morgan fingerprint density at radius 2 is 1.50 bits per heavy atom. The standard InChI is InChI=1S/C22H26ClN3O2/c23-20-10-8-19(9-11-20)17-21(27)25-13-15-26(16-14-25)22(28)24-12-4-7-18-5-2-1-3-6-18/h1-3,5-6,8-11H,4,7,12-17H2,(H,24,28). The molecule has 1 saturated heterocycles. The van der Waals surface area contributed by atoms with Crippen LogP contribution in [0, 0.1) is 0 Å². The summed E-state index contributed by atoms with van der Waals surface area (Å²) in [5, 5.41) is 3.65. The summed E-state index contributed by atoms with van der Waals surface area (Å²) < 4.78 is 0. The van der Waals surface area contributed by atoms with Crippen molar-refractivity contribution in [2.24, 2.45) is 0 Å². The van der Waals surface area contributed by atoms with Crippen molar-refractivity contribution < 1.29 is 9.59 Å². The number of nitrogens with zero attached hydrogens (tertiary/aromatic N) is 2. The van der Waals surface area contributed by atoms with E-state index in [1.54, 1.807) is 17.0 Å². The van der Waals surface area contributed by atoms with Gasteiger partial charge in [0.1, 0.15) is 0 Å². The summed E-state index contributed by atoms with van der Waals surface area (Å²) in [5.74, 6) is 0.0882. The lowest BCUT2D eigenvalue weighted by molar-refractivity contribution is -0.131. The van der Waals surface area contributed by atoms with E-state index in [1.807, 2.05) is 35.2 Å². The molecule has 1 aliphatic heterocycles. The van der Waals surface area contributed by atoms with Crippen molar-refractivity contribution in [1.82, 2.24) is 15.1 Å². The molecule has 2 aromatic carbocycles. The van der Waals surface area contributed by atoms with Gasteiger partial charge in [-0.15, -0.1) is 0 Å². The van der Waals surface area contributed by atoms with Gasteiger partial charge in [-0.25, -0.2) is 4.79 Å². The van der Waals surface area contributed by atoms with Crippen LogP contribution in [0.25, 0.3) is 0 Å². The van der Waals surface area contributed by atoms with Gasteiger partial charge in [-0.2, -0.15) is 0 Å². The number of carbonyl (C=O) groups excluding carboxylic acids is 2. The smallest absolute Gasteiger partial charge is 0.317 e. The number of hydrogen-bond acceptors (Lipinski definition) is 2. The minimum atomic E-state index is -0.0436. The average Bonchev–Trinajstić information content (AvgIpc) is 2.73. The van der Waals surface area contributed by atoms with Gasteiger partial charge in [-0.3, -0.25) is 4.79 Å². The Morgan fingerprint density at radius 3 is 2.18 bits per heavy atom. The summed E-state index contributed by atoms with van der Waals surface area (Å²) in [6.45, 7) is 2.94. The molecule has 3 amide bonds. The van der Waals surface area contributed by atoms with Crippen molar-refractivity contribution >= 4 is 23.5 Å². The number of urea groups is 1. The Labute approximate surface area is 171 Å². The molecule has 0 aromatic heterocycles. The highest BCUT2D eigenvalue weighted by molar-refractivity contribution is 6.30. The summed E-state index contributed by atoms with van der Waals surface area (Å²) in [6, 6.07) is 17.6. The zero-order valence-corrected chi connectivity index (χ0v) is 16.7. The van der Waals surface area contributed by atoms with Crippen molar-refractivity contribution in [3.05, 3.63) is 70.7 Å². The molecule has 0 bridgehead atoms. The first kappa shape index (κ1) is 20.2. The van der Waals surface area contributed by atoms with Crippen LogP contribution in [-0.2, 0) is 17.6 Å². The highest BCUT2D eigenvalue weighted by Gasteiger charge is 2.23. The molecule has 0 unspecified atom stereocenters. The molecule has 3 rings (SSSR count). The predicted molar refractivity (Wildman–Crippen MR) is 111 cm³/mol. The molecule has 0 aliphatic carbocycles. The molecule has 0 spiro atoms. The number of aryl methyl sites for hydroxylation is 1. The first-order chi connectivity index (χ1) is 13.6. The number of benzene rings is 2. The fraction of sp³-hybridized carbons (Fsp3) is 0.364. The maximum atomic E-state index is 12.4. The molecule has 1 N–H and O–H groups in total. The summed E-state index contributed by atoms with van der Waals surface area (Å²) >= 11 is 5.88. The van der Waals surface area contributed by atoms with E-state index in [4.69, 9.17) is 11.6 Å². The molecule has 28 heavy (non-hydrogen) atoms. The van der Waals surface area contributed by atoms with Crippen LogP contribution in [0.3, 0.4) is 0 Å². The minimum absolute atomic E-state index is 0.0436. The first-order valence-electron chi connectivity index (χ1n) is 9.71. The third-order valence-electron chi connectivity index (χ3n) is 4.95. The SMILES string of the molecule is O=C(Cc1ccc(Cl)cc1)N1CCN(C(=O)NCCCc2ccccc2)CC1. The Balaban J connectivity index is 1.35. The van der Waals surface area contributed by atoms with E-state index in [0.29, 0.717) is 44.2 Å². The van der Waals surface area contributed by atoms with E-state index in [0.717, 1.165) is 18.4 Å². The van der Waals surface area contributed by atoms with E-state index >= 15 is 0 Å². The summed E-state index contributed by atoms with van der Waals surface area (Å²) in [6.07, 6.45) is 2.23. The molecule has 0 saturated carbocycles. The number of halogens is 1. The van der Waals surface area contributed by atoms with Gasteiger partial charge in [0.15, 0.2) is 0 Å². The van der Waals surface area contributed by atoms with Crippen molar-refractivity contribution in [2.75, 3.05) is 32.7 Å². The predicted octanol–water partition coefficient (Wildman–Crippen LogP) is 3.37. The zero-order valence-electron chi connectivity index (χ0n) is 15.9. The van der Waals surface area contributed by atoms with Gasteiger partial charge in [0, 0.05) is 37.7 Å². The molecule has 1 fully saturated rings. The normalized spacial score (nSPS) is 14.0. The maximum absolute atomic E-state index is 12.4. The van der Waals surface area contributed by atoms with Gasteiger partial charge in [0.25, 0.3) is 0 Å². The summed E-state index contributed by atoms with van der Waals surface area (Å²) in [4.78, 5) is 28.4. The summed E-state index contributed by atoms with van der Waals surface area (Å²) in [7, 11) is 0. The molecular formula is C22H26ClN3O2. The van der Waals surface area contributed by atoms with Crippen molar-refractivity contribution in [1.29, 1.82) is 0 Å². The van der Waals surface area contributed by atoms with E-state index in [9.17, 15) is 9.59 Å². The van der Waals surface area contributed by atoms with E-state index in [2.05, 4.69) is 17.4 Å². The number of rotatable bonds is 6. The molecular weight excluding hydrogens is 374 g/mol. The minimum Gasteiger partial charge on any atom is -0.339 e. The maximum Gasteiger partial charge on any atom is 0.317 e. The van der Waals surface area contributed by atoms with Crippen molar-refractivity contribution in [3.63, 3.8) is 0 Å². The van der Waals surface area contributed by atoms with Gasteiger partial charge in [-0.05, 0) is 36.1 Å². The molecule has 1 heterocycles. The quantitative estimate of drug-likeness (QED) is 0.757. The molecule has 6 heteroatoms. The van der Waals surface area contributed by atoms with E-state index in [-0.39, 0.29) is 11.9 Å². The Hall–Kier alpha value is -2.53. The molecule has 5 nitrogen and oxygen atoms in total. The molecule has 1 aliphatic rings. The Bertz CT molecular complexity index is 772. The lowest BCUT2D eigenvalue weighted by Gasteiger charge is -2.34. The van der Waals surface area contributed by atoms with Gasteiger partial charge < -0.3 is 15.1 Å². The molecule has 148 valence electrons. The topological polar surface area (TPSA) is 52.7 Å². The van der Waals surface area contributed by atoms with Crippen LogP contribution in [0.5, 0.6) is 0 Å². The van der Waals surface area contributed by atoms with Crippen LogP contribution in [0.2, 0.25) is 5.02 Å². The third kappa shape index (κ3) is 5.99. The number of nitrogens with one attached hydrogen (secondary N) is 1. The second-order valence-corrected chi connectivity index (χ2v) is 7.43. The third-order valence-corrected chi connectivity index (χ3v) is 5.20. The van der Waals surface area contributed by atoms with Crippen LogP contribution >= 0.6 is 11.6 Å². The van der Waals surface area contributed by atoms with Gasteiger partial charge in [0.2, 0.25) is 5.91 Å². The first-order valence-corrected chi connectivity index (χ1v) is 10.1. The number of amides is 3.